The van der Waals surface area contributed by atoms with Crippen molar-refractivity contribution in [3.8, 4) is 0 Å². The molecule has 1 aromatic heterocycles. The van der Waals surface area contributed by atoms with Gasteiger partial charge in [-0.2, -0.15) is 0 Å². The Hall–Kier alpha value is -2.14. The Morgan fingerprint density at radius 3 is 2.80 bits per heavy atom. The van der Waals surface area contributed by atoms with E-state index in [1.807, 2.05) is 31.3 Å². The predicted molar refractivity (Wildman–Crippen MR) is 81.8 cm³/mol. The van der Waals surface area contributed by atoms with Gasteiger partial charge in [0.1, 0.15) is 5.82 Å². The normalized spacial score (nSPS) is 12.3. The maximum atomic E-state index is 11.6. The second-order valence-electron chi connectivity index (χ2n) is 4.99. The average molecular weight is 272 g/mol. The molecule has 0 radical (unpaired) electrons. The van der Waals surface area contributed by atoms with Gasteiger partial charge in [0.25, 0.3) is 5.91 Å². The zero-order valence-corrected chi connectivity index (χ0v) is 11.8. The van der Waals surface area contributed by atoms with Crippen molar-refractivity contribution < 1.29 is 4.79 Å². The molecule has 2 aromatic rings. The lowest BCUT2D eigenvalue weighted by molar-refractivity contribution is 0.100. The number of hydrogen-bond donors (Lipinski definition) is 3. The van der Waals surface area contributed by atoms with Gasteiger partial charge in [0.15, 0.2) is 0 Å². The van der Waals surface area contributed by atoms with Crippen LogP contribution in [0.4, 0.5) is 5.82 Å². The molecule has 5 heteroatoms. The summed E-state index contributed by atoms with van der Waals surface area (Å²) in [5.41, 5.74) is 6.72. The Morgan fingerprint density at radius 1 is 1.35 bits per heavy atom. The number of carbonyl (C=O) groups is 1. The molecule has 20 heavy (non-hydrogen) atoms. The van der Waals surface area contributed by atoms with Gasteiger partial charge in [-0.25, -0.2) is 4.98 Å². The smallest absolute Gasteiger partial charge is 0.252 e. The standard InChI is InChI=1S/C15H20N4O/c1-10(8-17-2)9-18-15-12(14(16)20)7-11-5-3-4-6-13(11)19-15/h3-7,10,17H,8-9H2,1-2H3,(H2,16,20)(H,18,19). The van der Waals surface area contributed by atoms with Crippen LogP contribution >= 0.6 is 0 Å². The third-order valence-corrected chi connectivity index (χ3v) is 3.16. The van der Waals surface area contributed by atoms with Crippen molar-refractivity contribution in [3.63, 3.8) is 0 Å². The van der Waals surface area contributed by atoms with Crippen LogP contribution in [-0.4, -0.2) is 31.0 Å². The molecule has 1 unspecified atom stereocenters. The molecule has 0 fully saturated rings. The van der Waals surface area contributed by atoms with Gasteiger partial charge in [-0.05, 0) is 31.6 Å². The number of benzene rings is 1. The summed E-state index contributed by atoms with van der Waals surface area (Å²) in [5.74, 6) is 0.514. The number of para-hydroxylation sites is 1. The van der Waals surface area contributed by atoms with E-state index < -0.39 is 5.91 Å². The molecular formula is C15H20N4O. The molecule has 0 saturated carbocycles. The number of anilines is 1. The average Bonchev–Trinajstić information content (AvgIpc) is 2.44. The van der Waals surface area contributed by atoms with E-state index in [9.17, 15) is 4.79 Å². The first-order valence-electron chi connectivity index (χ1n) is 6.70. The van der Waals surface area contributed by atoms with Crippen molar-refractivity contribution in [2.24, 2.45) is 11.7 Å². The van der Waals surface area contributed by atoms with Crippen LogP contribution in [0.5, 0.6) is 0 Å². The van der Waals surface area contributed by atoms with Crippen LogP contribution in [0.25, 0.3) is 10.9 Å². The van der Waals surface area contributed by atoms with Crippen molar-refractivity contribution in [1.29, 1.82) is 0 Å². The highest BCUT2D eigenvalue weighted by atomic mass is 16.1. The fraction of sp³-hybridized carbons (Fsp3) is 0.333. The summed E-state index contributed by atoms with van der Waals surface area (Å²) in [6.07, 6.45) is 0. The van der Waals surface area contributed by atoms with Crippen molar-refractivity contribution in [2.45, 2.75) is 6.92 Å². The fourth-order valence-electron chi connectivity index (χ4n) is 2.13. The number of pyridine rings is 1. The summed E-state index contributed by atoms with van der Waals surface area (Å²) in [6.45, 7) is 3.74. The minimum atomic E-state index is -0.466. The molecule has 0 bridgehead atoms. The predicted octanol–water partition coefficient (Wildman–Crippen LogP) is 1.60. The second kappa shape index (κ2) is 6.34. The SMILES string of the molecule is CNCC(C)CNc1nc2ccccc2cc1C(N)=O. The summed E-state index contributed by atoms with van der Waals surface area (Å²) in [5, 5.41) is 7.25. The van der Waals surface area contributed by atoms with Crippen molar-refractivity contribution in [3.05, 3.63) is 35.9 Å². The van der Waals surface area contributed by atoms with Crippen molar-refractivity contribution in [2.75, 3.05) is 25.5 Å². The molecule has 0 spiro atoms. The Labute approximate surface area is 118 Å². The lowest BCUT2D eigenvalue weighted by Crippen LogP contribution is -2.24. The third-order valence-electron chi connectivity index (χ3n) is 3.16. The number of nitrogens with zero attached hydrogens (tertiary/aromatic N) is 1. The number of nitrogens with two attached hydrogens (primary N) is 1. The topological polar surface area (TPSA) is 80.0 Å². The van der Waals surface area contributed by atoms with Crippen LogP contribution in [0, 0.1) is 5.92 Å². The molecule has 0 saturated heterocycles. The molecule has 1 amide bonds. The molecular weight excluding hydrogens is 252 g/mol. The molecule has 0 aliphatic heterocycles. The van der Waals surface area contributed by atoms with Gasteiger partial charge in [0.2, 0.25) is 0 Å². The summed E-state index contributed by atoms with van der Waals surface area (Å²) in [6, 6.07) is 9.46. The van der Waals surface area contributed by atoms with E-state index in [0.717, 1.165) is 24.0 Å². The quantitative estimate of drug-likeness (QED) is 0.746. The molecule has 4 N–H and O–H groups in total. The minimum absolute atomic E-state index is 0.425. The molecule has 106 valence electrons. The van der Waals surface area contributed by atoms with Crippen LogP contribution in [-0.2, 0) is 0 Å². The van der Waals surface area contributed by atoms with Crippen LogP contribution in [0.3, 0.4) is 0 Å². The van der Waals surface area contributed by atoms with Gasteiger partial charge in [-0.3, -0.25) is 4.79 Å². The first-order chi connectivity index (χ1) is 9.61. The second-order valence-corrected chi connectivity index (χ2v) is 4.99. The van der Waals surface area contributed by atoms with Gasteiger partial charge in [-0.15, -0.1) is 0 Å². The zero-order chi connectivity index (χ0) is 14.5. The summed E-state index contributed by atoms with van der Waals surface area (Å²) in [7, 11) is 1.92. The number of carbonyl (C=O) groups excluding carboxylic acids is 1. The minimum Gasteiger partial charge on any atom is -0.369 e. The van der Waals surface area contributed by atoms with Crippen LogP contribution in [0.1, 0.15) is 17.3 Å². The number of nitrogens with one attached hydrogen (secondary N) is 2. The number of rotatable bonds is 6. The summed E-state index contributed by atoms with van der Waals surface area (Å²) in [4.78, 5) is 16.1. The monoisotopic (exact) mass is 272 g/mol. The highest BCUT2D eigenvalue weighted by molar-refractivity contribution is 6.01. The number of aromatic nitrogens is 1. The number of hydrogen-bond acceptors (Lipinski definition) is 4. The van der Waals surface area contributed by atoms with E-state index in [1.54, 1.807) is 6.07 Å². The molecule has 1 atom stereocenters. The highest BCUT2D eigenvalue weighted by Crippen LogP contribution is 2.20. The zero-order valence-electron chi connectivity index (χ0n) is 11.8. The first-order valence-corrected chi connectivity index (χ1v) is 6.70. The van der Waals surface area contributed by atoms with E-state index >= 15 is 0 Å². The van der Waals surface area contributed by atoms with Gasteiger partial charge in [-0.1, -0.05) is 25.1 Å². The van der Waals surface area contributed by atoms with E-state index in [0.29, 0.717) is 17.3 Å². The first kappa shape index (κ1) is 14.3. The van der Waals surface area contributed by atoms with E-state index in [-0.39, 0.29) is 0 Å². The molecule has 2 rings (SSSR count). The van der Waals surface area contributed by atoms with E-state index in [1.165, 1.54) is 0 Å². The molecule has 5 nitrogen and oxygen atoms in total. The fourth-order valence-corrected chi connectivity index (χ4v) is 2.13. The largest absolute Gasteiger partial charge is 0.369 e. The lowest BCUT2D eigenvalue weighted by Gasteiger charge is -2.14. The van der Waals surface area contributed by atoms with Crippen molar-refractivity contribution >= 4 is 22.6 Å². The Kier molecular flexibility index (Phi) is 4.53. The number of amides is 1. The molecule has 0 aliphatic carbocycles. The summed E-state index contributed by atoms with van der Waals surface area (Å²) < 4.78 is 0. The Balaban J connectivity index is 2.30. The maximum absolute atomic E-state index is 11.6. The highest BCUT2D eigenvalue weighted by Gasteiger charge is 2.12. The lowest BCUT2D eigenvalue weighted by atomic mass is 10.1. The van der Waals surface area contributed by atoms with Crippen molar-refractivity contribution in [1.82, 2.24) is 10.3 Å². The number of primary amides is 1. The van der Waals surface area contributed by atoms with Crippen LogP contribution in [0.15, 0.2) is 30.3 Å². The molecule has 1 heterocycles. The Morgan fingerprint density at radius 2 is 2.10 bits per heavy atom. The summed E-state index contributed by atoms with van der Waals surface area (Å²) >= 11 is 0. The molecule has 1 aromatic carbocycles. The maximum Gasteiger partial charge on any atom is 0.252 e. The van der Waals surface area contributed by atoms with Gasteiger partial charge < -0.3 is 16.4 Å². The van der Waals surface area contributed by atoms with E-state index in [4.69, 9.17) is 5.73 Å². The van der Waals surface area contributed by atoms with E-state index in [2.05, 4.69) is 22.5 Å². The van der Waals surface area contributed by atoms with Crippen LogP contribution < -0.4 is 16.4 Å². The third kappa shape index (κ3) is 3.24. The van der Waals surface area contributed by atoms with Crippen LogP contribution in [0.2, 0.25) is 0 Å². The van der Waals surface area contributed by atoms with Gasteiger partial charge in [0.05, 0.1) is 11.1 Å². The number of fused-ring (bicyclic) bond motifs is 1. The Bertz CT molecular complexity index is 612. The molecule has 0 aliphatic rings. The van der Waals surface area contributed by atoms with Gasteiger partial charge in [0, 0.05) is 11.9 Å². The van der Waals surface area contributed by atoms with Gasteiger partial charge >= 0.3 is 0 Å².